The molecule has 0 aliphatic heterocycles. The number of hydrogen-bond donors (Lipinski definition) is 1. The number of rotatable bonds is 4. The average Bonchev–Trinajstić information content (AvgIpc) is 2.13. The highest BCUT2D eigenvalue weighted by Gasteiger charge is 2.38. The van der Waals surface area contributed by atoms with Crippen molar-refractivity contribution in [1.82, 2.24) is 0 Å². The first-order valence-electron chi connectivity index (χ1n) is 7.19. The van der Waals surface area contributed by atoms with Gasteiger partial charge < -0.3 is 9.84 Å². The van der Waals surface area contributed by atoms with Crippen molar-refractivity contribution in [1.29, 1.82) is 0 Å². The van der Waals surface area contributed by atoms with Gasteiger partial charge in [0.2, 0.25) is 0 Å². The van der Waals surface area contributed by atoms with Crippen LogP contribution in [-0.2, 0) is 9.53 Å². The van der Waals surface area contributed by atoms with Crippen LogP contribution in [0.5, 0.6) is 0 Å². The van der Waals surface area contributed by atoms with Crippen LogP contribution in [-0.4, -0.2) is 23.8 Å². The monoisotopic (exact) mass is 194 g/mol. The lowest BCUT2D eigenvalue weighted by molar-refractivity contribution is -0.161. The van der Waals surface area contributed by atoms with Crippen LogP contribution in [0.15, 0.2) is 0 Å². The first-order chi connectivity index (χ1) is 8.34. The number of carbonyl (C=O) groups is 1. The van der Waals surface area contributed by atoms with E-state index in [0.717, 1.165) is 0 Å². The molecule has 0 aliphatic rings. The van der Waals surface area contributed by atoms with Crippen molar-refractivity contribution in [3.05, 3.63) is 0 Å². The van der Waals surface area contributed by atoms with Crippen LogP contribution < -0.4 is 0 Å². The molecule has 0 rings (SSSR count). The first kappa shape index (κ1) is 5.35. The van der Waals surface area contributed by atoms with Gasteiger partial charge in [-0.1, -0.05) is 13.8 Å². The van der Waals surface area contributed by atoms with E-state index in [1.165, 1.54) is 20.8 Å². The van der Waals surface area contributed by atoms with Gasteiger partial charge >= 0.3 is 5.97 Å². The van der Waals surface area contributed by atoms with Gasteiger partial charge in [-0.15, -0.1) is 0 Å². The summed E-state index contributed by atoms with van der Waals surface area (Å²) >= 11 is 0. The maximum Gasteiger partial charge on any atom is 0.314 e. The standard InChI is InChI=1S/C10H20O3/c1-6-13-9(12)10(4,5)8(11)7(2)3/h7-8,11H,6H2,1-5H3/i4D3,5D3. The fraction of sp³-hybridized carbons (Fsp3) is 0.900. The molecular formula is C10H20O3. The molecule has 0 bridgehead atoms. The predicted molar refractivity (Wildman–Crippen MR) is 51.3 cm³/mol. The summed E-state index contributed by atoms with van der Waals surface area (Å²) in [6.45, 7) is -2.28. The Balaban J connectivity index is 6.13. The lowest BCUT2D eigenvalue weighted by atomic mass is 9.81. The van der Waals surface area contributed by atoms with Crippen molar-refractivity contribution in [2.45, 2.75) is 40.6 Å². The Morgan fingerprint density at radius 2 is 2.15 bits per heavy atom. The van der Waals surface area contributed by atoms with Crippen LogP contribution in [0.4, 0.5) is 0 Å². The van der Waals surface area contributed by atoms with Crippen molar-refractivity contribution in [2.75, 3.05) is 6.61 Å². The molecule has 0 saturated heterocycles. The van der Waals surface area contributed by atoms with Crippen LogP contribution >= 0.6 is 0 Å². The molecule has 0 fully saturated rings. The molecule has 78 valence electrons. The summed E-state index contributed by atoms with van der Waals surface area (Å²) in [7, 11) is 0. The molecule has 1 atom stereocenters. The van der Waals surface area contributed by atoms with E-state index < -0.39 is 37.1 Å². The molecule has 0 aromatic rings. The number of esters is 1. The molecule has 0 aliphatic carbocycles. The minimum absolute atomic E-state index is 0.169. The zero-order valence-electron chi connectivity index (χ0n) is 14.1. The summed E-state index contributed by atoms with van der Waals surface area (Å²) in [5, 5.41) is 10.1. The minimum atomic E-state index is -3.21. The third-order valence-electron chi connectivity index (χ3n) is 1.67. The van der Waals surface area contributed by atoms with E-state index in [1.54, 1.807) is 0 Å². The summed E-state index contributed by atoms with van der Waals surface area (Å²) in [6, 6.07) is 0. The van der Waals surface area contributed by atoms with Crippen LogP contribution in [0, 0.1) is 11.3 Å². The number of carbonyl (C=O) groups excluding carboxylic acids is 1. The van der Waals surface area contributed by atoms with Crippen LogP contribution in [0.1, 0.15) is 42.7 Å². The maximum atomic E-state index is 12.0. The van der Waals surface area contributed by atoms with Gasteiger partial charge in [0, 0.05) is 8.22 Å². The first-order valence-corrected chi connectivity index (χ1v) is 4.19. The molecule has 0 amide bonds. The number of hydrogen-bond acceptors (Lipinski definition) is 3. The van der Waals surface area contributed by atoms with E-state index in [0.29, 0.717) is 0 Å². The molecule has 3 nitrogen and oxygen atoms in total. The highest BCUT2D eigenvalue weighted by Crippen LogP contribution is 2.27. The summed E-state index contributed by atoms with van der Waals surface area (Å²) in [5.74, 6) is -2.15. The minimum Gasteiger partial charge on any atom is -0.466 e. The normalized spacial score (nSPS) is 23.2. The van der Waals surface area contributed by atoms with E-state index in [4.69, 9.17) is 8.22 Å². The van der Waals surface area contributed by atoms with Gasteiger partial charge in [0.25, 0.3) is 0 Å². The predicted octanol–water partition coefficient (Wildman–Crippen LogP) is 1.59. The van der Waals surface area contributed by atoms with E-state index >= 15 is 0 Å². The molecule has 0 saturated carbocycles. The van der Waals surface area contributed by atoms with Gasteiger partial charge in [0.15, 0.2) is 0 Å². The molecule has 3 heteroatoms. The van der Waals surface area contributed by atoms with Gasteiger partial charge in [0.05, 0.1) is 18.1 Å². The van der Waals surface area contributed by atoms with E-state index in [2.05, 4.69) is 4.74 Å². The van der Waals surface area contributed by atoms with E-state index in [1.807, 2.05) is 0 Å². The zero-order valence-corrected chi connectivity index (χ0v) is 8.13. The van der Waals surface area contributed by atoms with Gasteiger partial charge in [-0.05, 0) is 26.5 Å². The Morgan fingerprint density at radius 3 is 2.46 bits per heavy atom. The second kappa shape index (κ2) is 4.61. The fourth-order valence-electron chi connectivity index (χ4n) is 0.866. The zero-order chi connectivity index (χ0) is 15.6. The lowest BCUT2D eigenvalue weighted by Crippen LogP contribution is -2.41. The Hall–Kier alpha value is -0.570. The highest BCUT2D eigenvalue weighted by molar-refractivity contribution is 5.76. The van der Waals surface area contributed by atoms with Crippen molar-refractivity contribution >= 4 is 5.97 Å². The quantitative estimate of drug-likeness (QED) is 0.691. The fourth-order valence-corrected chi connectivity index (χ4v) is 0.866. The highest BCUT2D eigenvalue weighted by atomic mass is 16.5. The third-order valence-corrected chi connectivity index (χ3v) is 1.67. The van der Waals surface area contributed by atoms with Gasteiger partial charge in [-0.2, -0.15) is 0 Å². The average molecular weight is 194 g/mol. The van der Waals surface area contributed by atoms with Gasteiger partial charge in [-0.25, -0.2) is 0 Å². The second-order valence-electron chi connectivity index (χ2n) is 3.22. The van der Waals surface area contributed by atoms with Crippen LogP contribution in [0.25, 0.3) is 0 Å². The Kier molecular flexibility index (Phi) is 1.89. The lowest BCUT2D eigenvalue weighted by Gasteiger charge is -2.30. The molecule has 0 aromatic carbocycles. The van der Waals surface area contributed by atoms with Crippen LogP contribution in [0.3, 0.4) is 0 Å². The van der Waals surface area contributed by atoms with Gasteiger partial charge in [-0.3, -0.25) is 4.79 Å². The topological polar surface area (TPSA) is 46.5 Å². The van der Waals surface area contributed by atoms with Crippen LogP contribution in [0.2, 0.25) is 0 Å². The summed E-state index contributed by atoms with van der Waals surface area (Å²) in [6.07, 6.45) is -1.87. The Labute approximate surface area is 88.5 Å². The maximum absolute atomic E-state index is 12.0. The molecule has 13 heavy (non-hydrogen) atoms. The number of aliphatic hydroxyl groups is 1. The van der Waals surface area contributed by atoms with Crippen molar-refractivity contribution in [3.8, 4) is 0 Å². The van der Waals surface area contributed by atoms with Crippen molar-refractivity contribution in [3.63, 3.8) is 0 Å². The molecule has 0 heterocycles. The number of aliphatic hydroxyl groups excluding tert-OH is 1. The third kappa shape index (κ3) is 2.99. The van der Waals surface area contributed by atoms with Gasteiger partial charge in [0.1, 0.15) is 0 Å². The summed E-state index contributed by atoms with van der Waals surface area (Å²) in [5.41, 5.74) is -2.94. The van der Waals surface area contributed by atoms with E-state index in [9.17, 15) is 9.90 Å². The SMILES string of the molecule is [2H]C([2H])([2H])C(C(=O)OCC)(C(O)C(C)C)C([2H])([2H])[2H]. The molecule has 0 spiro atoms. The number of ether oxygens (including phenoxy) is 1. The Morgan fingerprint density at radius 1 is 1.62 bits per heavy atom. The van der Waals surface area contributed by atoms with Crippen molar-refractivity contribution in [2.24, 2.45) is 11.3 Å². The molecule has 0 aromatic heterocycles. The molecule has 0 radical (unpaired) electrons. The smallest absolute Gasteiger partial charge is 0.314 e. The second-order valence-corrected chi connectivity index (χ2v) is 3.22. The molecule has 1 unspecified atom stereocenters. The molecule has 1 N–H and O–H groups in total. The van der Waals surface area contributed by atoms with E-state index in [-0.39, 0.29) is 6.61 Å². The molecular weight excluding hydrogens is 168 g/mol. The summed E-state index contributed by atoms with van der Waals surface area (Å²) < 4.78 is 49.2. The van der Waals surface area contributed by atoms with Crippen molar-refractivity contribution < 1.29 is 22.9 Å². The largest absolute Gasteiger partial charge is 0.466 e. The summed E-state index contributed by atoms with van der Waals surface area (Å²) in [4.78, 5) is 12.0. The Bertz CT molecular complexity index is 306.